The summed E-state index contributed by atoms with van der Waals surface area (Å²) in [5.41, 5.74) is 0. The smallest absolute Gasteiger partial charge is 0.326 e. The first-order valence-electron chi connectivity index (χ1n) is 4.24. The van der Waals surface area contributed by atoms with Gasteiger partial charge in [-0.25, -0.2) is 4.79 Å². The normalized spacial score (nSPS) is 11.8. The molecule has 0 aromatic carbocycles. The molecule has 0 fully saturated rings. The number of carboxylic acids is 1. The summed E-state index contributed by atoms with van der Waals surface area (Å²) in [4.78, 5) is 23.2. The molecule has 4 nitrogen and oxygen atoms in total. The third-order valence-corrected chi connectivity index (χ3v) is 1.85. The van der Waals surface area contributed by atoms with E-state index in [1.165, 1.54) is 4.90 Å². The molecule has 1 atom stereocenters. The van der Waals surface area contributed by atoms with Crippen LogP contribution in [-0.4, -0.2) is 34.5 Å². The van der Waals surface area contributed by atoms with Gasteiger partial charge in [0.05, 0.1) is 0 Å². The molecule has 0 aliphatic carbocycles. The number of aliphatic carboxylic acids is 1. The molecule has 0 aromatic rings. The number of carbonyl (C=O) groups excluding carboxylic acids is 1. The number of rotatable bonds is 5. The molecule has 0 bridgehead atoms. The van der Waals surface area contributed by atoms with Gasteiger partial charge in [0.25, 0.3) is 0 Å². The second-order valence-electron chi connectivity index (χ2n) is 2.59. The molecule has 0 aliphatic heterocycles. The van der Waals surface area contributed by atoms with Gasteiger partial charge in [0.1, 0.15) is 6.04 Å². The van der Waals surface area contributed by atoms with Crippen LogP contribution in [0.1, 0.15) is 20.3 Å². The Morgan fingerprint density at radius 3 is 2.31 bits per heavy atom. The predicted octanol–water partition coefficient (Wildman–Crippen LogP) is 0.884. The number of carboxylic acid groups (broad SMARTS) is 1. The minimum atomic E-state index is -0.973. The second kappa shape index (κ2) is 5.35. The molecule has 0 rings (SSSR count). The van der Waals surface area contributed by atoms with Crippen molar-refractivity contribution in [2.24, 2.45) is 0 Å². The van der Waals surface area contributed by atoms with E-state index in [-0.39, 0.29) is 5.91 Å². The molecule has 1 N–H and O–H groups in total. The first kappa shape index (κ1) is 11.7. The fourth-order valence-electron chi connectivity index (χ4n) is 1.18. The van der Waals surface area contributed by atoms with Crippen molar-refractivity contribution in [3.8, 4) is 0 Å². The second-order valence-corrected chi connectivity index (χ2v) is 2.59. The summed E-state index contributed by atoms with van der Waals surface area (Å²) in [5.74, 6) is -1.31. The van der Waals surface area contributed by atoms with E-state index in [0.29, 0.717) is 13.0 Å². The van der Waals surface area contributed by atoms with Gasteiger partial charge in [-0.2, -0.15) is 0 Å². The van der Waals surface area contributed by atoms with Gasteiger partial charge < -0.3 is 10.0 Å². The summed E-state index contributed by atoms with van der Waals surface area (Å²) in [7, 11) is 0. The van der Waals surface area contributed by atoms with E-state index < -0.39 is 12.0 Å². The third-order valence-electron chi connectivity index (χ3n) is 1.85. The molecule has 0 heterocycles. The van der Waals surface area contributed by atoms with E-state index in [0.717, 1.165) is 6.08 Å². The fourth-order valence-corrected chi connectivity index (χ4v) is 1.18. The van der Waals surface area contributed by atoms with Crippen LogP contribution in [0.2, 0.25) is 0 Å². The monoisotopic (exact) mass is 185 g/mol. The maximum absolute atomic E-state index is 11.2. The molecular weight excluding hydrogens is 170 g/mol. The zero-order valence-corrected chi connectivity index (χ0v) is 7.99. The molecule has 0 saturated carbocycles. The number of hydrogen-bond donors (Lipinski definition) is 1. The van der Waals surface area contributed by atoms with Gasteiger partial charge in [-0.1, -0.05) is 13.5 Å². The van der Waals surface area contributed by atoms with Crippen LogP contribution in [0.3, 0.4) is 0 Å². The summed E-state index contributed by atoms with van der Waals surface area (Å²) >= 11 is 0. The highest BCUT2D eigenvalue weighted by Crippen LogP contribution is 2.05. The van der Waals surface area contributed by atoms with E-state index in [2.05, 4.69) is 6.58 Å². The van der Waals surface area contributed by atoms with Crippen molar-refractivity contribution in [2.45, 2.75) is 26.3 Å². The van der Waals surface area contributed by atoms with E-state index in [4.69, 9.17) is 5.11 Å². The molecule has 74 valence electrons. The van der Waals surface area contributed by atoms with Gasteiger partial charge in [-0.05, 0) is 19.4 Å². The predicted molar refractivity (Wildman–Crippen MR) is 49.3 cm³/mol. The SMILES string of the molecule is C=CC(=O)N(CC)C(CC)C(=O)O. The standard InChI is InChI=1S/C9H15NO3/c1-4-7(9(12)13)10(6-3)8(11)5-2/h5,7H,2,4,6H2,1,3H3,(H,12,13). The van der Waals surface area contributed by atoms with Crippen molar-refractivity contribution < 1.29 is 14.7 Å². The molecule has 0 aliphatic rings. The van der Waals surface area contributed by atoms with Gasteiger partial charge in [0, 0.05) is 6.54 Å². The van der Waals surface area contributed by atoms with Crippen molar-refractivity contribution in [1.29, 1.82) is 0 Å². The van der Waals surface area contributed by atoms with Crippen molar-refractivity contribution in [2.75, 3.05) is 6.54 Å². The Labute approximate surface area is 77.8 Å². The van der Waals surface area contributed by atoms with Crippen LogP contribution in [0.4, 0.5) is 0 Å². The van der Waals surface area contributed by atoms with E-state index in [1.807, 2.05) is 0 Å². The van der Waals surface area contributed by atoms with E-state index in [9.17, 15) is 9.59 Å². The highest BCUT2D eigenvalue weighted by atomic mass is 16.4. The summed E-state index contributed by atoms with van der Waals surface area (Å²) in [6.07, 6.45) is 1.54. The van der Waals surface area contributed by atoms with Gasteiger partial charge in [-0.3, -0.25) is 4.79 Å². The van der Waals surface area contributed by atoms with Crippen molar-refractivity contribution >= 4 is 11.9 Å². The summed E-state index contributed by atoms with van der Waals surface area (Å²) < 4.78 is 0. The Balaban J connectivity index is 4.61. The average molecular weight is 185 g/mol. The molecule has 0 spiro atoms. The lowest BCUT2D eigenvalue weighted by Crippen LogP contribution is -2.43. The number of nitrogens with zero attached hydrogens (tertiary/aromatic N) is 1. The molecule has 0 radical (unpaired) electrons. The average Bonchev–Trinajstić information content (AvgIpc) is 2.12. The van der Waals surface area contributed by atoms with Crippen LogP contribution >= 0.6 is 0 Å². The molecule has 13 heavy (non-hydrogen) atoms. The number of hydrogen-bond acceptors (Lipinski definition) is 2. The third kappa shape index (κ3) is 2.89. The first-order chi connectivity index (χ1) is 6.08. The van der Waals surface area contributed by atoms with Gasteiger partial charge in [0.2, 0.25) is 5.91 Å². The molecule has 0 saturated heterocycles. The van der Waals surface area contributed by atoms with Gasteiger partial charge in [-0.15, -0.1) is 0 Å². The van der Waals surface area contributed by atoms with Crippen molar-refractivity contribution in [1.82, 2.24) is 4.90 Å². The quantitative estimate of drug-likeness (QED) is 0.647. The topological polar surface area (TPSA) is 57.6 Å². The minimum Gasteiger partial charge on any atom is -0.480 e. The summed E-state index contributed by atoms with van der Waals surface area (Å²) in [6.45, 7) is 7.18. The van der Waals surface area contributed by atoms with Crippen molar-refractivity contribution in [3.05, 3.63) is 12.7 Å². The number of likely N-dealkylation sites (N-methyl/N-ethyl adjacent to an activating group) is 1. The fraction of sp³-hybridized carbons (Fsp3) is 0.556. The Bertz CT molecular complexity index is 213. The highest BCUT2D eigenvalue weighted by molar-refractivity contribution is 5.90. The van der Waals surface area contributed by atoms with Crippen LogP contribution in [-0.2, 0) is 9.59 Å². The Morgan fingerprint density at radius 1 is 1.54 bits per heavy atom. The maximum Gasteiger partial charge on any atom is 0.326 e. The lowest BCUT2D eigenvalue weighted by Gasteiger charge is -2.25. The lowest BCUT2D eigenvalue weighted by molar-refractivity contribution is -0.148. The highest BCUT2D eigenvalue weighted by Gasteiger charge is 2.24. The number of amides is 1. The molecule has 4 heteroatoms. The van der Waals surface area contributed by atoms with E-state index >= 15 is 0 Å². The Morgan fingerprint density at radius 2 is 2.08 bits per heavy atom. The summed E-state index contributed by atoms with van der Waals surface area (Å²) in [5, 5.41) is 8.79. The first-order valence-corrected chi connectivity index (χ1v) is 4.24. The molecule has 0 aromatic heterocycles. The largest absolute Gasteiger partial charge is 0.480 e. The molecule has 1 unspecified atom stereocenters. The van der Waals surface area contributed by atoms with Crippen LogP contribution in [0.5, 0.6) is 0 Å². The maximum atomic E-state index is 11.2. The van der Waals surface area contributed by atoms with Crippen molar-refractivity contribution in [3.63, 3.8) is 0 Å². The number of carbonyl (C=O) groups is 2. The Hall–Kier alpha value is -1.32. The summed E-state index contributed by atoms with van der Waals surface area (Å²) in [6, 6.07) is -0.740. The lowest BCUT2D eigenvalue weighted by atomic mass is 10.2. The van der Waals surface area contributed by atoms with Crippen LogP contribution in [0, 0.1) is 0 Å². The van der Waals surface area contributed by atoms with Gasteiger partial charge in [0.15, 0.2) is 0 Å². The minimum absolute atomic E-state index is 0.336. The van der Waals surface area contributed by atoms with Crippen LogP contribution in [0.25, 0.3) is 0 Å². The zero-order valence-electron chi connectivity index (χ0n) is 7.99. The molecular formula is C9H15NO3. The Kier molecular flexibility index (Phi) is 4.80. The van der Waals surface area contributed by atoms with Crippen LogP contribution in [0.15, 0.2) is 12.7 Å². The zero-order chi connectivity index (χ0) is 10.4. The van der Waals surface area contributed by atoms with Crippen LogP contribution < -0.4 is 0 Å². The molecule has 1 amide bonds. The van der Waals surface area contributed by atoms with Gasteiger partial charge >= 0.3 is 5.97 Å². The van der Waals surface area contributed by atoms with E-state index in [1.54, 1.807) is 13.8 Å².